The highest BCUT2D eigenvalue weighted by Crippen LogP contribution is 2.30. The molecule has 2 rings (SSSR count). The van der Waals surface area contributed by atoms with Crippen molar-refractivity contribution in [3.8, 4) is 11.5 Å². The highest BCUT2D eigenvalue weighted by atomic mass is 79.9. The van der Waals surface area contributed by atoms with Gasteiger partial charge in [0.05, 0.1) is 24.4 Å². The maximum atomic E-state index is 5.78. The molecule has 1 aromatic carbocycles. The molecule has 4 nitrogen and oxygen atoms in total. The Morgan fingerprint density at radius 2 is 2.16 bits per heavy atom. The van der Waals surface area contributed by atoms with E-state index in [-0.39, 0.29) is 0 Å². The summed E-state index contributed by atoms with van der Waals surface area (Å²) in [6.45, 7) is 1.16. The van der Waals surface area contributed by atoms with E-state index in [0.29, 0.717) is 13.2 Å². The lowest BCUT2D eigenvalue weighted by Gasteiger charge is -2.09. The van der Waals surface area contributed by atoms with Crippen LogP contribution in [0.4, 0.5) is 0 Å². The maximum absolute atomic E-state index is 5.78. The van der Waals surface area contributed by atoms with Crippen molar-refractivity contribution in [2.75, 3.05) is 14.2 Å². The van der Waals surface area contributed by atoms with Gasteiger partial charge in [-0.05, 0) is 47.2 Å². The highest BCUT2D eigenvalue weighted by molar-refractivity contribution is 9.10. The summed E-state index contributed by atoms with van der Waals surface area (Å²) in [7, 11) is 3.52. The van der Waals surface area contributed by atoms with Crippen LogP contribution in [0.3, 0.4) is 0 Å². The summed E-state index contributed by atoms with van der Waals surface area (Å²) in [6.07, 6.45) is 1.68. The zero-order chi connectivity index (χ0) is 13.7. The summed E-state index contributed by atoms with van der Waals surface area (Å²) in [4.78, 5) is 0. The van der Waals surface area contributed by atoms with Gasteiger partial charge in [0.15, 0.2) is 0 Å². The molecule has 0 amide bonds. The van der Waals surface area contributed by atoms with Crippen molar-refractivity contribution >= 4 is 15.9 Å². The van der Waals surface area contributed by atoms with E-state index in [2.05, 4.69) is 21.2 Å². The van der Waals surface area contributed by atoms with Gasteiger partial charge in [-0.3, -0.25) is 0 Å². The first-order valence-electron chi connectivity index (χ1n) is 5.90. The highest BCUT2D eigenvalue weighted by Gasteiger charge is 2.08. The van der Waals surface area contributed by atoms with Crippen molar-refractivity contribution in [1.29, 1.82) is 0 Å². The summed E-state index contributed by atoms with van der Waals surface area (Å²) >= 11 is 3.46. The van der Waals surface area contributed by atoms with Gasteiger partial charge in [-0.15, -0.1) is 0 Å². The van der Waals surface area contributed by atoms with E-state index in [9.17, 15) is 0 Å². The first-order chi connectivity index (χ1) is 9.24. The molecule has 0 bridgehead atoms. The predicted molar refractivity (Wildman–Crippen MR) is 76.5 cm³/mol. The average molecular weight is 326 g/mol. The Morgan fingerprint density at radius 3 is 2.84 bits per heavy atom. The van der Waals surface area contributed by atoms with E-state index < -0.39 is 0 Å². The fourth-order valence-electron chi connectivity index (χ4n) is 1.69. The molecule has 0 unspecified atom stereocenters. The van der Waals surface area contributed by atoms with Gasteiger partial charge in [-0.1, -0.05) is 0 Å². The molecule has 0 fully saturated rings. The second kappa shape index (κ2) is 6.63. The Morgan fingerprint density at radius 1 is 1.32 bits per heavy atom. The quantitative estimate of drug-likeness (QED) is 0.884. The van der Waals surface area contributed by atoms with Crippen LogP contribution in [0.2, 0.25) is 0 Å². The topological polar surface area (TPSA) is 43.6 Å². The molecular weight excluding hydrogens is 310 g/mol. The van der Waals surface area contributed by atoms with E-state index in [1.54, 1.807) is 13.4 Å². The lowest BCUT2D eigenvalue weighted by molar-refractivity contribution is 0.299. The molecule has 0 aliphatic carbocycles. The Balaban J connectivity index is 2.04. The molecule has 0 saturated carbocycles. The van der Waals surface area contributed by atoms with Crippen LogP contribution in [0.25, 0.3) is 0 Å². The number of hydrogen-bond acceptors (Lipinski definition) is 4. The Hall–Kier alpha value is -1.46. The predicted octanol–water partition coefficient (Wildman–Crippen LogP) is 3.35. The van der Waals surface area contributed by atoms with Crippen molar-refractivity contribution < 1.29 is 13.9 Å². The number of ether oxygens (including phenoxy) is 2. The van der Waals surface area contributed by atoms with Crippen LogP contribution in [0.5, 0.6) is 11.5 Å². The number of nitrogens with one attached hydrogen (secondary N) is 1. The van der Waals surface area contributed by atoms with Gasteiger partial charge in [-0.25, -0.2) is 0 Å². The molecule has 1 aromatic heterocycles. The van der Waals surface area contributed by atoms with Crippen molar-refractivity contribution in [2.45, 2.75) is 13.2 Å². The smallest absolute Gasteiger partial charge is 0.134 e. The first-order valence-corrected chi connectivity index (χ1v) is 6.70. The van der Waals surface area contributed by atoms with E-state index in [1.807, 2.05) is 31.3 Å². The van der Waals surface area contributed by atoms with Crippen LogP contribution in [0.1, 0.15) is 11.3 Å². The van der Waals surface area contributed by atoms with Gasteiger partial charge in [0.1, 0.15) is 23.9 Å². The molecular formula is C14H16BrNO3. The zero-order valence-electron chi connectivity index (χ0n) is 10.9. The van der Waals surface area contributed by atoms with Crippen LogP contribution in [-0.2, 0) is 13.2 Å². The standard InChI is InChI=1S/C14H16BrNO3/c1-16-8-14-10(5-6-18-14)9-19-13-4-3-11(17-2)7-12(13)15/h3-7,16H,8-9H2,1-2H3. The molecule has 0 atom stereocenters. The Bertz CT molecular complexity index is 539. The normalized spacial score (nSPS) is 10.5. The van der Waals surface area contributed by atoms with Crippen molar-refractivity contribution in [3.05, 3.63) is 46.3 Å². The second-order valence-electron chi connectivity index (χ2n) is 3.98. The molecule has 1 N–H and O–H groups in total. The van der Waals surface area contributed by atoms with Gasteiger partial charge in [0.2, 0.25) is 0 Å². The fraction of sp³-hybridized carbons (Fsp3) is 0.286. The molecule has 1 heterocycles. The van der Waals surface area contributed by atoms with Gasteiger partial charge < -0.3 is 19.2 Å². The van der Waals surface area contributed by atoms with Crippen LogP contribution in [0, 0.1) is 0 Å². The lowest BCUT2D eigenvalue weighted by atomic mass is 10.2. The molecule has 0 aliphatic heterocycles. The van der Waals surface area contributed by atoms with Crippen molar-refractivity contribution in [1.82, 2.24) is 5.32 Å². The summed E-state index contributed by atoms with van der Waals surface area (Å²) < 4.78 is 17.2. The third-order valence-electron chi connectivity index (χ3n) is 2.70. The van der Waals surface area contributed by atoms with Crippen molar-refractivity contribution in [3.63, 3.8) is 0 Å². The second-order valence-corrected chi connectivity index (χ2v) is 4.84. The summed E-state index contributed by atoms with van der Waals surface area (Å²) in [5, 5.41) is 3.06. The molecule has 2 aromatic rings. The molecule has 0 aliphatic rings. The van der Waals surface area contributed by atoms with E-state index in [1.165, 1.54) is 0 Å². The Labute approximate surface area is 120 Å². The third kappa shape index (κ3) is 3.52. The van der Waals surface area contributed by atoms with Crippen LogP contribution in [-0.4, -0.2) is 14.2 Å². The lowest BCUT2D eigenvalue weighted by Crippen LogP contribution is -2.07. The zero-order valence-corrected chi connectivity index (χ0v) is 12.5. The Kier molecular flexibility index (Phi) is 4.87. The molecule has 5 heteroatoms. The fourth-order valence-corrected chi connectivity index (χ4v) is 2.16. The minimum absolute atomic E-state index is 0.471. The van der Waals surface area contributed by atoms with Crippen LogP contribution in [0.15, 0.2) is 39.4 Å². The number of methoxy groups -OCH3 is 1. The third-order valence-corrected chi connectivity index (χ3v) is 3.32. The summed E-state index contributed by atoms with van der Waals surface area (Å²) in [5.41, 5.74) is 1.04. The van der Waals surface area contributed by atoms with E-state index in [0.717, 1.165) is 27.3 Å². The SMILES string of the molecule is CNCc1occc1COc1ccc(OC)cc1Br. The van der Waals surface area contributed by atoms with Gasteiger partial charge in [-0.2, -0.15) is 0 Å². The van der Waals surface area contributed by atoms with E-state index in [4.69, 9.17) is 13.9 Å². The maximum Gasteiger partial charge on any atom is 0.134 e. The van der Waals surface area contributed by atoms with Crippen molar-refractivity contribution in [2.24, 2.45) is 0 Å². The number of halogens is 1. The monoisotopic (exact) mass is 325 g/mol. The number of hydrogen-bond donors (Lipinski definition) is 1. The minimum atomic E-state index is 0.471. The minimum Gasteiger partial charge on any atom is -0.497 e. The average Bonchev–Trinajstić information content (AvgIpc) is 2.85. The summed E-state index contributed by atoms with van der Waals surface area (Å²) in [5.74, 6) is 2.46. The molecule has 0 saturated heterocycles. The van der Waals surface area contributed by atoms with Gasteiger partial charge in [0, 0.05) is 5.56 Å². The van der Waals surface area contributed by atoms with Crippen LogP contribution >= 0.6 is 15.9 Å². The largest absolute Gasteiger partial charge is 0.497 e. The number of furan rings is 1. The van der Waals surface area contributed by atoms with E-state index >= 15 is 0 Å². The summed E-state index contributed by atoms with van der Waals surface area (Å²) in [6, 6.07) is 7.54. The molecule has 0 spiro atoms. The molecule has 19 heavy (non-hydrogen) atoms. The van der Waals surface area contributed by atoms with Crippen LogP contribution < -0.4 is 14.8 Å². The first kappa shape index (κ1) is 14.0. The molecule has 102 valence electrons. The van der Waals surface area contributed by atoms with Gasteiger partial charge in [0.25, 0.3) is 0 Å². The molecule has 0 radical (unpaired) electrons. The number of rotatable bonds is 6. The number of benzene rings is 1. The van der Waals surface area contributed by atoms with Gasteiger partial charge >= 0.3 is 0 Å².